The minimum Gasteiger partial charge on any atom is -0.363 e. The van der Waals surface area contributed by atoms with Gasteiger partial charge in [0.05, 0.1) is 0 Å². The maximum atomic E-state index is 5.52. The summed E-state index contributed by atoms with van der Waals surface area (Å²) in [5.74, 6) is 0.691. The lowest BCUT2D eigenvalue weighted by atomic mass is 9.88. The van der Waals surface area contributed by atoms with Crippen LogP contribution in [0.5, 0.6) is 0 Å². The molecule has 7 heteroatoms. The summed E-state index contributed by atoms with van der Waals surface area (Å²) in [6.45, 7) is 5.23. The van der Waals surface area contributed by atoms with E-state index >= 15 is 0 Å². The lowest BCUT2D eigenvalue weighted by Gasteiger charge is -2.19. The summed E-state index contributed by atoms with van der Waals surface area (Å²) in [4.78, 5) is 0. The van der Waals surface area contributed by atoms with Gasteiger partial charge in [0.25, 0.3) is 0 Å². The van der Waals surface area contributed by atoms with Crippen molar-refractivity contribution in [3.8, 4) is 0 Å². The molecule has 0 aromatic heterocycles. The zero-order chi connectivity index (χ0) is 31.4. The van der Waals surface area contributed by atoms with E-state index in [-0.39, 0.29) is 0 Å². The van der Waals surface area contributed by atoms with Crippen LogP contribution >= 0.6 is 24.4 Å². The molecule has 4 aromatic rings. The molecule has 4 rings (SSSR count). The first-order chi connectivity index (χ1) is 22.2. The Morgan fingerprint density at radius 3 is 1.00 bits per heavy atom. The predicted molar refractivity (Wildman–Crippen MR) is 198 cm³/mol. The molecule has 0 radical (unpaired) electrons. The van der Waals surface area contributed by atoms with Crippen molar-refractivity contribution in [3.63, 3.8) is 0 Å². The van der Waals surface area contributed by atoms with Gasteiger partial charge in [-0.25, -0.2) is 0 Å². The second-order valence-corrected chi connectivity index (χ2v) is 12.0. The molecule has 0 heterocycles. The molecule has 0 unspecified atom stereocenters. The van der Waals surface area contributed by atoms with Crippen molar-refractivity contribution in [3.05, 3.63) is 144 Å². The molecular weight excluding hydrogens is 591 g/mol. The summed E-state index contributed by atoms with van der Waals surface area (Å²) in [5, 5.41) is 18.4. The van der Waals surface area contributed by atoms with Crippen LogP contribution in [-0.2, 0) is 0 Å². The van der Waals surface area contributed by atoms with E-state index in [0.29, 0.717) is 11.8 Å². The molecule has 0 fully saturated rings. The van der Waals surface area contributed by atoms with Gasteiger partial charge < -0.3 is 26.6 Å². The summed E-state index contributed by atoms with van der Waals surface area (Å²) in [5.41, 5.74) is 5.33. The van der Waals surface area contributed by atoms with E-state index in [2.05, 4.69) is 148 Å². The van der Waals surface area contributed by atoms with Crippen molar-refractivity contribution in [2.24, 2.45) is 0 Å². The average molecular weight is 638 g/mol. The predicted octanol–water partition coefficient (Wildman–Crippen LogP) is 6.73. The summed E-state index contributed by atoms with van der Waals surface area (Å²) in [6.07, 6.45) is 3.98. The number of thiocarbonyl (C=S) groups is 2. The van der Waals surface area contributed by atoms with E-state index in [0.717, 1.165) is 75.2 Å². The maximum Gasteiger partial charge on any atom is 0.166 e. The quantitative estimate of drug-likeness (QED) is 0.0613. The van der Waals surface area contributed by atoms with Gasteiger partial charge in [-0.2, -0.15) is 0 Å². The number of nitrogens with one attached hydrogen (secondary N) is 5. The van der Waals surface area contributed by atoms with Crippen LogP contribution in [-0.4, -0.2) is 49.5 Å². The van der Waals surface area contributed by atoms with Crippen LogP contribution in [0.1, 0.15) is 59.8 Å². The van der Waals surface area contributed by atoms with E-state index < -0.39 is 0 Å². The number of hydrogen-bond acceptors (Lipinski definition) is 3. The molecule has 4 aromatic carbocycles. The molecule has 0 saturated heterocycles. The average Bonchev–Trinajstić information content (AvgIpc) is 3.09. The largest absolute Gasteiger partial charge is 0.363 e. The number of hydrogen-bond donors (Lipinski definition) is 5. The normalized spacial score (nSPS) is 10.9. The molecule has 0 amide bonds. The fraction of sp³-hybridized carbons (Fsp3) is 0.316. The lowest BCUT2D eigenvalue weighted by molar-refractivity contribution is 0.606. The molecule has 5 nitrogen and oxygen atoms in total. The number of benzene rings is 4. The van der Waals surface area contributed by atoms with Gasteiger partial charge in [-0.15, -0.1) is 0 Å². The monoisotopic (exact) mass is 637 g/mol. The van der Waals surface area contributed by atoms with Crippen molar-refractivity contribution in [2.45, 2.75) is 37.5 Å². The van der Waals surface area contributed by atoms with Crippen LogP contribution in [0.25, 0.3) is 0 Å². The van der Waals surface area contributed by atoms with Crippen LogP contribution in [0.4, 0.5) is 0 Å². The first-order valence-electron chi connectivity index (χ1n) is 16.1. The third-order valence-electron chi connectivity index (χ3n) is 7.88. The highest BCUT2D eigenvalue weighted by atomic mass is 32.1. The van der Waals surface area contributed by atoms with Gasteiger partial charge in [-0.05, 0) is 85.5 Å². The van der Waals surface area contributed by atoms with Crippen LogP contribution in [0, 0.1) is 0 Å². The first-order valence-corrected chi connectivity index (χ1v) is 17.0. The van der Waals surface area contributed by atoms with Crippen LogP contribution in [0.15, 0.2) is 121 Å². The topological polar surface area (TPSA) is 60.1 Å². The Balaban J connectivity index is 1.01. The van der Waals surface area contributed by atoms with E-state index in [1.54, 1.807) is 0 Å². The van der Waals surface area contributed by atoms with Gasteiger partial charge >= 0.3 is 0 Å². The highest BCUT2D eigenvalue weighted by Crippen LogP contribution is 2.28. The molecule has 0 aliphatic carbocycles. The standard InChI is InChI=1S/C38H47N5S2/c44-37(42-29-23-35(31-15-5-1-6-16-31)32-17-7-2-8-18-32)40-27-13-25-39-26-14-28-41-38(45)43-30-24-36(33-19-9-3-10-20-33)34-21-11-4-12-22-34/h1-12,15-22,35-36,39H,13-14,23-30H2,(H2,40,42,44)(H2,41,43,45). The zero-order valence-electron chi connectivity index (χ0n) is 26.1. The van der Waals surface area contributed by atoms with Crippen molar-refractivity contribution in [1.82, 2.24) is 26.6 Å². The third kappa shape index (κ3) is 12.6. The minimum atomic E-state index is 0.346. The highest BCUT2D eigenvalue weighted by Gasteiger charge is 2.14. The minimum absolute atomic E-state index is 0.346. The Labute approximate surface area is 280 Å². The highest BCUT2D eigenvalue weighted by molar-refractivity contribution is 7.80. The molecular formula is C38H47N5S2. The Bertz CT molecular complexity index is 1180. The summed E-state index contributed by atoms with van der Waals surface area (Å²) >= 11 is 11.0. The zero-order valence-corrected chi connectivity index (χ0v) is 27.7. The maximum absolute atomic E-state index is 5.52. The molecule has 45 heavy (non-hydrogen) atoms. The van der Waals surface area contributed by atoms with Gasteiger partial charge in [0.1, 0.15) is 0 Å². The van der Waals surface area contributed by atoms with Gasteiger partial charge in [-0.3, -0.25) is 0 Å². The molecule has 5 N–H and O–H groups in total. The SMILES string of the molecule is S=C(NCCCNCCCNC(=S)NCCC(c1ccccc1)c1ccccc1)NCCC(c1ccccc1)c1ccccc1. The van der Waals surface area contributed by atoms with Crippen LogP contribution < -0.4 is 26.6 Å². The molecule has 0 aliphatic heterocycles. The summed E-state index contributed by atoms with van der Waals surface area (Å²) in [6, 6.07) is 42.8. The second-order valence-electron chi connectivity index (χ2n) is 11.1. The van der Waals surface area contributed by atoms with E-state index in [9.17, 15) is 0 Å². The van der Waals surface area contributed by atoms with E-state index in [1.807, 2.05) is 0 Å². The number of rotatable bonds is 18. The van der Waals surface area contributed by atoms with E-state index in [1.165, 1.54) is 22.3 Å². The van der Waals surface area contributed by atoms with Crippen LogP contribution in [0.3, 0.4) is 0 Å². The van der Waals surface area contributed by atoms with Gasteiger partial charge in [0.15, 0.2) is 10.2 Å². The summed E-state index contributed by atoms with van der Waals surface area (Å²) in [7, 11) is 0. The van der Waals surface area contributed by atoms with Crippen molar-refractivity contribution >= 4 is 34.7 Å². The molecule has 0 bridgehead atoms. The van der Waals surface area contributed by atoms with Gasteiger partial charge in [-0.1, -0.05) is 121 Å². The third-order valence-corrected chi connectivity index (χ3v) is 8.45. The molecule has 0 aliphatic rings. The fourth-order valence-corrected chi connectivity index (χ4v) is 5.94. The molecule has 0 spiro atoms. The molecule has 0 atom stereocenters. The van der Waals surface area contributed by atoms with Gasteiger partial charge in [0, 0.05) is 38.0 Å². The lowest BCUT2D eigenvalue weighted by Crippen LogP contribution is -2.38. The smallest absolute Gasteiger partial charge is 0.166 e. The van der Waals surface area contributed by atoms with Gasteiger partial charge in [0.2, 0.25) is 0 Å². The Kier molecular flexibility index (Phi) is 15.4. The molecule has 236 valence electrons. The van der Waals surface area contributed by atoms with Crippen molar-refractivity contribution < 1.29 is 0 Å². The van der Waals surface area contributed by atoms with Crippen molar-refractivity contribution in [1.29, 1.82) is 0 Å². The second kappa shape index (κ2) is 20.3. The van der Waals surface area contributed by atoms with Crippen molar-refractivity contribution in [2.75, 3.05) is 39.3 Å². The van der Waals surface area contributed by atoms with E-state index in [4.69, 9.17) is 24.4 Å². The Morgan fingerprint density at radius 2 is 0.689 bits per heavy atom. The first kappa shape index (κ1) is 34.1. The summed E-state index contributed by atoms with van der Waals surface area (Å²) < 4.78 is 0. The van der Waals surface area contributed by atoms with Crippen LogP contribution in [0.2, 0.25) is 0 Å². The fourth-order valence-electron chi connectivity index (χ4n) is 5.53. The Morgan fingerprint density at radius 1 is 0.400 bits per heavy atom. The molecule has 0 saturated carbocycles. The Hall–Kier alpha value is -3.78.